The van der Waals surface area contributed by atoms with Crippen molar-refractivity contribution in [3.63, 3.8) is 0 Å². The van der Waals surface area contributed by atoms with Gasteiger partial charge in [-0.25, -0.2) is 4.79 Å². The molecule has 25 heavy (non-hydrogen) atoms. The summed E-state index contributed by atoms with van der Waals surface area (Å²) in [7, 11) is 0. The van der Waals surface area contributed by atoms with Crippen LogP contribution in [-0.2, 0) is 4.79 Å². The maximum atomic E-state index is 11.7. The molecule has 8 nitrogen and oxygen atoms in total. The van der Waals surface area contributed by atoms with Gasteiger partial charge in [-0.2, -0.15) is 0 Å². The number of hydrogen-bond acceptors (Lipinski definition) is 6. The average molecular weight is 354 g/mol. The van der Waals surface area contributed by atoms with Crippen molar-refractivity contribution in [2.24, 2.45) is 5.73 Å². The molecule has 0 saturated heterocycles. The smallest absolute Gasteiger partial charge is 0.318 e. The zero-order chi connectivity index (χ0) is 17.6. The molecule has 0 fully saturated rings. The van der Waals surface area contributed by atoms with Crippen LogP contribution in [0, 0.1) is 0 Å². The van der Waals surface area contributed by atoms with Crippen molar-refractivity contribution in [3.05, 3.63) is 54.9 Å². The van der Waals surface area contributed by atoms with Gasteiger partial charge in [0.15, 0.2) is 11.0 Å². The minimum absolute atomic E-state index is 0.00967. The number of imide groups is 1. The summed E-state index contributed by atoms with van der Waals surface area (Å²) in [4.78, 5) is 26.4. The number of nitrogens with two attached hydrogens (primary N) is 1. The van der Waals surface area contributed by atoms with Crippen LogP contribution in [0.4, 0.5) is 4.79 Å². The molecule has 0 unspecified atom stereocenters. The molecule has 3 amide bonds. The van der Waals surface area contributed by atoms with Crippen LogP contribution in [0.25, 0.3) is 17.1 Å². The second kappa shape index (κ2) is 7.58. The van der Waals surface area contributed by atoms with E-state index in [-0.39, 0.29) is 5.75 Å². The van der Waals surface area contributed by atoms with E-state index in [9.17, 15) is 9.59 Å². The van der Waals surface area contributed by atoms with Gasteiger partial charge in [-0.3, -0.25) is 19.7 Å². The molecule has 9 heteroatoms. The van der Waals surface area contributed by atoms with E-state index in [1.165, 1.54) is 0 Å². The van der Waals surface area contributed by atoms with Gasteiger partial charge in [-0.1, -0.05) is 30.0 Å². The second-order valence-corrected chi connectivity index (χ2v) is 5.86. The molecule has 0 atom stereocenters. The number of hydrogen-bond donors (Lipinski definition) is 2. The van der Waals surface area contributed by atoms with Crippen LogP contribution in [0.5, 0.6) is 0 Å². The van der Waals surface area contributed by atoms with Crippen LogP contribution >= 0.6 is 11.8 Å². The number of rotatable bonds is 5. The van der Waals surface area contributed by atoms with Crippen LogP contribution in [0.3, 0.4) is 0 Å². The summed E-state index contributed by atoms with van der Waals surface area (Å²) >= 11 is 1.16. The Morgan fingerprint density at radius 2 is 1.80 bits per heavy atom. The lowest BCUT2D eigenvalue weighted by atomic mass is 10.2. The Bertz CT molecular complexity index is 882. The number of nitrogens with zero attached hydrogens (tertiary/aromatic N) is 4. The average Bonchev–Trinajstić information content (AvgIpc) is 3.05. The highest BCUT2D eigenvalue weighted by atomic mass is 32.2. The Morgan fingerprint density at radius 1 is 1.08 bits per heavy atom. The normalized spacial score (nSPS) is 10.4. The second-order valence-electron chi connectivity index (χ2n) is 4.91. The van der Waals surface area contributed by atoms with Gasteiger partial charge in [0, 0.05) is 23.6 Å². The van der Waals surface area contributed by atoms with Crippen molar-refractivity contribution in [2.75, 3.05) is 5.75 Å². The highest BCUT2D eigenvalue weighted by Crippen LogP contribution is 2.27. The number of amides is 3. The summed E-state index contributed by atoms with van der Waals surface area (Å²) in [5, 5.41) is 11.0. The Morgan fingerprint density at radius 3 is 2.48 bits per heavy atom. The maximum absolute atomic E-state index is 11.7. The fraction of sp³-hybridized carbons (Fsp3) is 0.0625. The quantitative estimate of drug-likeness (QED) is 0.673. The molecule has 2 aromatic heterocycles. The Labute approximate surface area is 147 Å². The fourth-order valence-electron chi connectivity index (χ4n) is 2.16. The number of nitrogens with one attached hydrogen (secondary N) is 1. The lowest BCUT2D eigenvalue weighted by Crippen LogP contribution is -2.36. The van der Waals surface area contributed by atoms with E-state index in [4.69, 9.17) is 5.73 Å². The van der Waals surface area contributed by atoms with Crippen molar-refractivity contribution in [1.82, 2.24) is 25.1 Å². The van der Waals surface area contributed by atoms with Gasteiger partial charge >= 0.3 is 6.03 Å². The van der Waals surface area contributed by atoms with E-state index in [0.29, 0.717) is 11.0 Å². The number of pyridine rings is 1. The molecular formula is C16H14N6O2S. The highest BCUT2D eigenvalue weighted by Gasteiger charge is 2.17. The molecule has 0 bridgehead atoms. The van der Waals surface area contributed by atoms with Crippen molar-refractivity contribution in [1.29, 1.82) is 0 Å². The molecule has 0 aliphatic rings. The SMILES string of the molecule is NC(=O)NC(=O)CSc1nnc(-c2ccncc2)n1-c1ccccc1. The number of primary amides is 1. The highest BCUT2D eigenvalue weighted by molar-refractivity contribution is 7.99. The molecule has 126 valence electrons. The number of thioether (sulfide) groups is 1. The van der Waals surface area contributed by atoms with E-state index >= 15 is 0 Å². The number of para-hydroxylation sites is 1. The zero-order valence-corrected chi connectivity index (χ0v) is 13.8. The zero-order valence-electron chi connectivity index (χ0n) is 13.0. The first-order valence-electron chi connectivity index (χ1n) is 7.28. The van der Waals surface area contributed by atoms with Gasteiger partial charge in [0.05, 0.1) is 5.75 Å². The van der Waals surface area contributed by atoms with Crippen molar-refractivity contribution in [3.8, 4) is 17.1 Å². The van der Waals surface area contributed by atoms with Gasteiger partial charge in [0.25, 0.3) is 0 Å². The van der Waals surface area contributed by atoms with Crippen LogP contribution in [0.2, 0.25) is 0 Å². The molecule has 0 aliphatic heterocycles. The molecule has 0 spiro atoms. The van der Waals surface area contributed by atoms with Gasteiger partial charge < -0.3 is 5.73 Å². The molecule has 3 N–H and O–H groups in total. The summed E-state index contributed by atoms with van der Waals surface area (Å²) < 4.78 is 1.84. The van der Waals surface area contributed by atoms with Crippen molar-refractivity contribution in [2.45, 2.75) is 5.16 Å². The first-order chi connectivity index (χ1) is 12.1. The van der Waals surface area contributed by atoms with Crippen LogP contribution in [0.1, 0.15) is 0 Å². The summed E-state index contributed by atoms with van der Waals surface area (Å²) in [5.41, 5.74) is 6.65. The third kappa shape index (κ3) is 4.01. The Balaban J connectivity index is 1.95. The lowest BCUT2D eigenvalue weighted by molar-refractivity contribution is -0.117. The van der Waals surface area contributed by atoms with Gasteiger partial charge in [0.1, 0.15) is 0 Å². The topological polar surface area (TPSA) is 116 Å². The molecule has 1 aromatic carbocycles. The molecular weight excluding hydrogens is 340 g/mol. The van der Waals surface area contributed by atoms with Gasteiger partial charge in [0.2, 0.25) is 5.91 Å². The summed E-state index contributed by atoms with van der Waals surface area (Å²) in [6.45, 7) is 0. The number of carbonyl (C=O) groups excluding carboxylic acids is 2. The molecule has 0 radical (unpaired) electrons. The Kier molecular flexibility index (Phi) is 5.05. The van der Waals surface area contributed by atoms with Crippen molar-refractivity contribution < 1.29 is 9.59 Å². The Hall–Kier alpha value is -3.20. The summed E-state index contributed by atoms with van der Waals surface area (Å²) in [6, 6.07) is 12.3. The molecule has 3 aromatic rings. The number of benzene rings is 1. The van der Waals surface area contributed by atoms with Crippen LogP contribution in [0.15, 0.2) is 60.0 Å². The largest absolute Gasteiger partial charge is 0.351 e. The lowest BCUT2D eigenvalue weighted by Gasteiger charge is -2.10. The predicted molar refractivity (Wildman–Crippen MR) is 93.0 cm³/mol. The van der Waals surface area contributed by atoms with Crippen molar-refractivity contribution >= 4 is 23.7 Å². The third-order valence-corrected chi connectivity index (χ3v) is 4.11. The van der Waals surface area contributed by atoms with E-state index in [1.54, 1.807) is 12.4 Å². The minimum atomic E-state index is -0.882. The monoisotopic (exact) mass is 354 g/mol. The van der Waals surface area contributed by atoms with Gasteiger partial charge in [-0.05, 0) is 24.3 Å². The molecule has 2 heterocycles. The molecule has 0 aliphatic carbocycles. The molecule has 3 rings (SSSR count). The van der Waals surface area contributed by atoms with Gasteiger partial charge in [-0.15, -0.1) is 10.2 Å². The number of urea groups is 1. The summed E-state index contributed by atoms with van der Waals surface area (Å²) in [6.07, 6.45) is 3.35. The first kappa shape index (κ1) is 16.7. The maximum Gasteiger partial charge on any atom is 0.318 e. The van der Waals surface area contributed by atoms with E-state index < -0.39 is 11.9 Å². The molecule has 0 saturated carbocycles. The van der Waals surface area contributed by atoms with Crippen LogP contribution < -0.4 is 11.1 Å². The van der Waals surface area contributed by atoms with E-state index in [2.05, 4.69) is 15.2 Å². The number of aromatic nitrogens is 4. The predicted octanol–water partition coefficient (Wildman–Crippen LogP) is 1.62. The first-order valence-corrected chi connectivity index (χ1v) is 8.27. The standard InChI is InChI=1S/C16H14N6O2S/c17-15(24)19-13(23)10-25-16-21-20-14(11-6-8-18-9-7-11)22(16)12-4-2-1-3-5-12/h1-9H,10H2,(H3,17,19,23,24). The number of carbonyl (C=O) groups is 2. The van der Waals surface area contributed by atoms with E-state index in [0.717, 1.165) is 23.0 Å². The van der Waals surface area contributed by atoms with Crippen LogP contribution in [-0.4, -0.2) is 37.4 Å². The minimum Gasteiger partial charge on any atom is -0.351 e. The fourth-order valence-corrected chi connectivity index (χ4v) is 2.92. The summed E-state index contributed by atoms with van der Waals surface area (Å²) in [5.74, 6) is 0.126. The third-order valence-electron chi connectivity index (χ3n) is 3.18. The van der Waals surface area contributed by atoms with E-state index in [1.807, 2.05) is 52.3 Å².